The van der Waals surface area contributed by atoms with Crippen LogP contribution in [0, 0.1) is 6.92 Å². The van der Waals surface area contributed by atoms with E-state index in [1.165, 1.54) is 16.8 Å². The predicted octanol–water partition coefficient (Wildman–Crippen LogP) is 6.22. The van der Waals surface area contributed by atoms with Crippen LogP contribution in [0.25, 0.3) is 22.5 Å². The monoisotopic (exact) mass is 437 g/mol. The van der Waals surface area contributed by atoms with Crippen LogP contribution in [-0.4, -0.2) is 26.2 Å². The SMILES string of the molecule is Cc1ccc(-c2n[nH]c(C3CCC(NC(C)c4ccccc4)CC3)c2-c2ccncn2)cc1. The van der Waals surface area contributed by atoms with Gasteiger partial charge in [-0.1, -0.05) is 60.2 Å². The minimum atomic E-state index is 0.365. The molecule has 2 aromatic carbocycles. The molecule has 0 bridgehead atoms. The fraction of sp³-hybridized carbons (Fsp3) is 0.321. The van der Waals surface area contributed by atoms with Crippen LogP contribution >= 0.6 is 0 Å². The van der Waals surface area contributed by atoms with Gasteiger partial charge >= 0.3 is 0 Å². The Bertz CT molecular complexity index is 1160. The second kappa shape index (κ2) is 9.67. The third-order valence-corrected chi connectivity index (χ3v) is 6.88. The number of aryl methyl sites for hydroxylation is 1. The molecular formula is C28H31N5. The molecule has 1 saturated carbocycles. The lowest BCUT2D eigenvalue weighted by Crippen LogP contribution is -2.34. The molecule has 5 nitrogen and oxygen atoms in total. The average Bonchev–Trinajstić information content (AvgIpc) is 3.31. The van der Waals surface area contributed by atoms with Crippen molar-refractivity contribution < 1.29 is 0 Å². The van der Waals surface area contributed by atoms with Gasteiger partial charge in [0.2, 0.25) is 0 Å². The van der Waals surface area contributed by atoms with Crippen LogP contribution in [-0.2, 0) is 0 Å². The zero-order valence-electron chi connectivity index (χ0n) is 19.3. The van der Waals surface area contributed by atoms with E-state index in [-0.39, 0.29) is 0 Å². The van der Waals surface area contributed by atoms with Gasteiger partial charge in [0.25, 0.3) is 0 Å². The number of rotatable bonds is 6. The van der Waals surface area contributed by atoms with Crippen molar-refractivity contribution >= 4 is 0 Å². The summed E-state index contributed by atoms with van der Waals surface area (Å²) in [5, 5.41) is 12.0. The number of nitrogens with one attached hydrogen (secondary N) is 2. The number of hydrogen-bond acceptors (Lipinski definition) is 4. The summed E-state index contributed by atoms with van der Waals surface area (Å²) in [7, 11) is 0. The fourth-order valence-corrected chi connectivity index (χ4v) is 5.01. The van der Waals surface area contributed by atoms with Crippen molar-refractivity contribution in [3.05, 3.63) is 90.0 Å². The first kappa shape index (κ1) is 21.5. The second-order valence-corrected chi connectivity index (χ2v) is 9.17. The lowest BCUT2D eigenvalue weighted by molar-refractivity contribution is 0.319. The van der Waals surface area contributed by atoms with Crippen LogP contribution in [0.2, 0.25) is 0 Å². The van der Waals surface area contributed by atoms with E-state index in [0.717, 1.165) is 48.2 Å². The molecule has 0 radical (unpaired) electrons. The van der Waals surface area contributed by atoms with Crippen molar-refractivity contribution in [3.63, 3.8) is 0 Å². The summed E-state index contributed by atoms with van der Waals surface area (Å²) in [4.78, 5) is 8.71. The highest BCUT2D eigenvalue weighted by molar-refractivity contribution is 5.81. The van der Waals surface area contributed by atoms with E-state index in [1.807, 2.05) is 12.3 Å². The summed E-state index contributed by atoms with van der Waals surface area (Å²) in [6, 6.07) is 22.2. The van der Waals surface area contributed by atoms with E-state index in [2.05, 4.69) is 88.8 Å². The molecule has 0 amide bonds. The first-order valence-corrected chi connectivity index (χ1v) is 11.9. The Morgan fingerprint density at radius 2 is 1.70 bits per heavy atom. The molecule has 1 atom stereocenters. The zero-order chi connectivity index (χ0) is 22.6. The number of aromatic nitrogens is 4. The van der Waals surface area contributed by atoms with E-state index in [9.17, 15) is 0 Å². The first-order valence-electron chi connectivity index (χ1n) is 11.9. The number of H-pyrrole nitrogens is 1. The van der Waals surface area contributed by atoms with E-state index in [0.29, 0.717) is 18.0 Å². The van der Waals surface area contributed by atoms with Gasteiger partial charge in [0, 0.05) is 41.0 Å². The third kappa shape index (κ3) is 4.74. The number of nitrogens with zero attached hydrogens (tertiary/aromatic N) is 3. The molecule has 2 heterocycles. The van der Waals surface area contributed by atoms with Gasteiger partial charge in [0.15, 0.2) is 0 Å². The maximum Gasteiger partial charge on any atom is 0.116 e. The first-order chi connectivity index (χ1) is 16.2. The molecule has 1 unspecified atom stereocenters. The van der Waals surface area contributed by atoms with E-state index in [1.54, 1.807) is 6.33 Å². The summed E-state index contributed by atoms with van der Waals surface area (Å²) in [6.07, 6.45) is 8.01. The Kier molecular flexibility index (Phi) is 6.31. The van der Waals surface area contributed by atoms with Gasteiger partial charge in [-0.2, -0.15) is 5.10 Å². The van der Waals surface area contributed by atoms with Crippen molar-refractivity contribution in [1.29, 1.82) is 0 Å². The summed E-state index contributed by atoms with van der Waals surface area (Å²) in [6.45, 7) is 4.37. The summed E-state index contributed by atoms with van der Waals surface area (Å²) in [5.41, 5.74) is 7.94. The minimum absolute atomic E-state index is 0.365. The van der Waals surface area contributed by atoms with Crippen LogP contribution in [0.5, 0.6) is 0 Å². The maximum absolute atomic E-state index is 4.77. The molecule has 2 N–H and O–H groups in total. The van der Waals surface area contributed by atoms with Gasteiger partial charge < -0.3 is 5.32 Å². The molecule has 1 aliphatic rings. The molecule has 4 aromatic rings. The Balaban J connectivity index is 1.36. The van der Waals surface area contributed by atoms with Gasteiger partial charge in [-0.3, -0.25) is 5.10 Å². The largest absolute Gasteiger partial charge is 0.307 e. The Labute approximate surface area is 195 Å². The summed E-state index contributed by atoms with van der Waals surface area (Å²) in [5.74, 6) is 0.451. The lowest BCUT2D eigenvalue weighted by atomic mass is 9.81. The maximum atomic E-state index is 4.77. The normalized spacial score (nSPS) is 19.3. The van der Waals surface area contributed by atoms with Crippen LogP contribution in [0.3, 0.4) is 0 Å². The molecule has 168 valence electrons. The standard InChI is InChI=1S/C28H31N5/c1-19-8-10-22(11-9-19)27-26(25-16-17-29-18-30-25)28(33-32-27)23-12-14-24(15-13-23)31-20(2)21-6-4-3-5-7-21/h3-11,16-18,20,23-24,31H,12-15H2,1-2H3,(H,32,33). The van der Waals surface area contributed by atoms with Gasteiger partial charge in [0.1, 0.15) is 12.0 Å². The molecule has 5 rings (SSSR count). The third-order valence-electron chi connectivity index (χ3n) is 6.88. The van der Waals surface area contributed by atoms with Gasteiger partial charge in [0.05, 0.1) is 5.69 Å². The molecule has 0 saturated heterocycles. The van der Waals surface area contributed by atoms with Crippen LogP contribution in [0.15, 0.2) is 73.2 Å². The zero-order valence-corrected chi connectivity index (χ0v) is 19.3. The number of benzene rings is 2. The fourth-order valence-electron chi connectivity index (χ4n) is 5.01. The van der Waals surface area contributed by atoms with Crippen LogP contribution in [0.1, 0.15) is 61.4 Å². The highest BCUT2D eigenvalue weighted by Gasteiger charge is 2.29. The molecule has 33 heavy (non-hydrogen) atoms. The summed E-state index contributed by atoms with van der Waals surface area (Å²) < 4.78 is 0. The number of hydrogen-bond donors (Lipinski definition) is 2. The molecule has 2 aromatic heterocycles. The van der Waals surface area contributed by atoms with Gasteiger partial charge in [-0.25, -0.2) is 9.97 Å². The van der Waals surface area contributed by atoms with Crippen molar-refractivity contribution in [2.45, 2.75) is 57.5 Å². The summed E-state index contributed by atoms with van der Waals surface area (Å²) >= 11 is 0. The van der Waals surface area contributed by atoms with Crippen molar-refractivity contribution in [2.24, 2.45) is 0 Å². The van der Waals surface area contributed by atoms with E-state index in [4.69, 9.17) is 5.10 Å². The molecule has 0 spiro atoms. The van der Waals surface area contributed by atoms with E-state index < -0.39 is 0 Å². The molecular weight excluding hydrogens is 406 g/mol. The van der Waals surface area contributed by atoms with Crippen molar-refractivity contribution in [1.82, 2.24) is 25.5 Å². The van der Waals surface area contributed by atoms with Gasteiger partial charge in [-0.05, 0) is 51.2 Å². The topological polar surface area (TPSA) is 66.5 Å². The Morgan fingerprint density at radius 3 is 2.39 bits per heavy atom. The highest BCUT2D eigenvalue weighted by atomic mass is 15.1. The Hall–Kier alpha value is -3.31. The molecule has 1 fully saturated rings. The number of aromatic amines is 1. The molecule has 1 aliphatic carbocycles. The Morgan fingerprint density at radius 1 is 0.939 bits per heavy atom. The van der Waals surface area contributed by atoms with Crippen molar-refractivity contribution in [2.75, 3.05) is 0 Å². The quantitative estimate of drug-likeness (QED) is 0.376. The molecule has 5 heteroatoms. The van der Waals surface area contributed by atoms with Crippen molar-refractivity contribution in [3.8, 4) is 22.5 Å². The van der Waals surface area contributed by atoms with Crippen LogP contribution in [0.4, 0.5) is 0 Å². The van der Waals surface area contributed by atoms with Crippen LogP contribution < -0.4 is 5.32 Å². The highest BCUT2D eigenvalue weighted by Crippen LogP contribution is 2.41. The second-order valence-electron chi connectivity index (χ2n) is 9.17. The minimum Gasteiger partial charge on any atom is -0.307 e. The average molecular weight is 438 g/mol. The predicted molar refractivity (Wildman–Crippen MR) is 133 cm³/mol. The molecule has 0 aliphatic heterocycles. The van der Waals surface area contributed by atoms with Gasteiger partial charge in [-0.15, -0.1) is 0 Å². The smallest absolute Gasteiger partial charge is 0.116 e. The lowest BCUT2D eigenvalue weighted by Gasteiger charge is -2.31. The van der Waals surface area contributed by atoms with E-state index >= 15 is 0 Å².